The first-order valence-electron chi connectivity index (χ1n) is 9.77. The third-order valence-corrected chi connectivity index (χ3v) is 7.96. The van der Waals surface area contributed by atoms with E-state index in [2.05, 4.69) is 4.90 Å². The summed E-state index contributed by atoms with van der Waals surface area (Å²) >= 11 is 6.30. The molecule has 2 saturated heterocycles. The van der Waals surface area contributed by atoms with E-state index >= 15 is 0 Å². The van der Waals surface area contributed by atoms with Gasteiger partial charge in [0.05, 0.1) is 48.4 Å². The van der Waals surface area contributed by atoms with Gasteiger partial charge in [-0.25, -0.2) is 8.42 Å². The highest BCUT2D eigenvalue weighted by Gasteiger charge is 2.43. The molecule has 0 radical (unpaired) electrons. The fraction of sp³-hybridized carbons (Fsp3) is 0.632. The number of carbonyl (C=O) groups is 1. The average Bonchev–Trinajstić information content (AvgIpc) is 3.39. The Kier molecular flexibility index (Phi) is 5.36. The van der Waals surface area contributed by atoms with Crippen molar-refractivity contribution in [1.82, 2.24) is 4.90 Å². The number of amides is 1. The highest BCUT2D eigenvalue weighted by atomic mass is 35.5. The van der Waals surface area contributed by atoms with E-state index in [1.807, 2.05) is 29.2 Å². The van der Waals surface area contributed by atoms with Crippen molar-refractivity contribution in [3.63, 3.8) is 0 Å². The molecule has 148 valence electrons. The molecular weight excluding hydrogens is 386 g/mol. The molecule has 1 N–H and O–H groups in total. The summed E-state index contributed by atoms with van der Waals surface area (Å²) in [5.41, 5.74) is 1.06. The van der Waals surface area contributed by atoms with Crippen molar-refractivity contribution in [2.45, 2.75) is 31.3 Å². The fourth-order valence-corrected chi connectivity index (χ4v) is 6.27. The minimum Gasteiger partial charge on any atom is -0.359 e. The molecule has 1 aliphatic carbocycles. The number of halogens is 1. The SMILES string of the molecule is O=C(C[NH+]1CCN(c2ccccc2Cl)CC1)N(C1CC1)[C@@H]1CCS(=O)(=O)C1. The number of piperazine rings is 1. The Morgan fingerprint density at radius 3 is 2.44 bits per heavy atom. The summed E-state index contributed by atoms with van der Waals surface area (Å²) in [5.74, 6) is 0.489. The zero-order valence-electron chi connectivity index (χ0n) is 15.4. The summed E-state index contributed by atoms with van der Waals surface area (Å²) in [7, 11) is -2.97. The van der Waals surface area contributed by atoms with Crippen LogP contribution in [0.2, 0.25) is 5.02 Å². The monoisotopic (exact) mass is 412 g/mol. The predicted octanol–water partition coefficient (Wildman–Crippen LogP) is 0.223. The van der Waals surface area contributed by atoms with E-state index in [0.29, 0.717) is 13.0 Å². The van der Waals surface area contributed by atoms with E-state index in [-0.39, 0.29) is 29.5 Å². The van der Waals surface area contributed by atoms with Crippen molar-refractivity contribution in [3.8, 4) is 0 Å². The number of benzene rings is 1. The lowest BCUT2D eigenvalue weighted by Crippen LogP contribution is -3.16. The quantitative estimate of drug-likeness (QED) is 0.751. The van der Waals surface area contributed by atoms with Crippen molar-refractivity contribution in [2.75, 3.05) is 49.1 Å². The van der Waals surface area contributed by atoms with E-state index in [9.17, 15) is 13.2 Å². The molecule has 1 aromatic rings. The third-order valence-electron chi connectivity index (χ3n) is 5.89. The topological polar surface area (TPSA) is 62.1 Å². The molecule has 2 heterocycles. The zero-order valence-corrected chi connectivity index (χ0v) is 17.0. The zero-order chi connectivity index (χ0) is 19.0. The number of quaternary nitrogens is 1. The summed E-state index contributed by atoms with van der Waals surface area (Å²) in [4.78, 5) is 18.4. The number of sulfone groups is 1. The van der Waals surface area contributed by atoms with E-state index in [4.69, 9.17) is 11.6 Å². The predicted molar refractivity (Wildman–Crippen MR) is 106 cm³/mol. The first-order chi connectivity index (χ1) is 12.9. The van der Waals surface area contributed by atoms with Gasteiger partial charge in [-0.15, -0.1) is 0 Å². The van der Waals surface area contributed by atoms with Crippen LogP contribution < -0.4 is 9.80 Å². The van der Waals surface area contributed by atoms with Gasteiger partial charge in [-0.3, -0.25) is 4.79 Å². The molecule has 4 rings (SSSR count). The van der Waals surface area contributed by atoms with Gasteiger partial charge < -0.3 is 14.7 Å². The molecule has 1 aromatic carbocycles. The number of nitrogens with zero attached hydrogens (tertiary/aromatic N) is 2. The Hall–Kier alpha value is -1.31. The molecule has 27 heavy (non-hydrogen) atoms. The Morgan fingerprint density at radius 1 is 1.15 bits per heavy atom. The third kappa shape index (κ3) is 4.41. The van der Waals surface area contributed by atoms with Gasteiger partial charge in [-0.05, 0) is 31.4 Å². The average molecular weight is 413 g/mol. The number of anilines is 1. The van der Waals surface area contributed by atoms with Crippen LogP contribution in [0.5, 0.6) is 0 Å². The van der Waals surface area contributed by atoms with Crippen LogP contribution in [0.15, 0.2) is 24.3 Å². The Morgan fingerprint density at radius 2 is 1.85 bits per heavy atom. The molecule has 3 aliphatic rings. The highest BCUT2D eigenvalue weighted by Crippen LogP contribution is 2.32. The van der Waals surface area contributed by atoms with E-state index in [1.165, 1.54) is 4.90 Å². The molecule has 0 aromatic heterocycles. The Labute approximate surface area is 166 Å². The summed E-state index contributed by atoms with van der Waals surface area (Å²) in [5, 5.41) is 0.763. The van der Waals surface area contributed by atoms with Gasteiger partial charge in [0.15, 0.2) is 16.4 Å². The minimum absolute atomic E-state index is 0.112. The highest BCUT2D eigenvalue weighted by molar-refractivity contribution is 7.91. The second-order valence-electron chi connectivity index (χ2n) is 7.95. The molecular formula is C19H27ClN3O3S+. The van der Waals surface area contributed by atoms with Crippen LogP contribution in [-0.2, 0) is 14.6 Å². The number of carbonyl (C=O) groups excluding carboxylic acids is 1. The van der Waals surface area contributed by atoms with Gasteiger partial charge in [0, 0.05) is 12.1 Å². The number of hydrogen-bond donors (Lipinski definition) is 1. The Balaban J connectivity index is 1.34. The summed E-state index contributed by atoms with van der Waals surface area (Å²) in [6.07, 6.45) is 2.62. The summed E-state index contributed by atoms with van der Waals surface area (Å²) in [6, 6.07) is 8.02. The molecule has 8 heteroatoms. The van der Waals surface area contributed by atoms with Gasteiger partial charge in [-0.1, -0.05) is 23.7 Å². The second-order valence-corrected chi connectivity index (χ2v) is 10.6. The maximum Gasteiger partial charge on any atom is 0.278 e. The van der Waals surface area contributed by atoms with Crippen LogP contribution in [0, 0.1) is 0 Å². The van der Waals surface area contributed by atoms with E-state index < -0.39 is 9.84 Å². The maximum atomic E-state index is 13.0. The molecule has 0 bridgehead atoms. The minimum atomic E-state index is -2.97. The smallest absolute Gasteiger partial charge is 0.278 e. The van der Waals surface area contributed by atoms with Gasteiger partial charge >= 0.3 is 0 Å². The van der Waals surface area contributed by atoms with Crippen molar-refractivity contribution < 1.29 is 18.1 Å². The molecule has 1 atom stereocenters. The molecule has 3 fully saturated rings. The number of para-hydroxylation sites is 1. The van der Waals surface area contributed by atoms with Gasteiger partial charge in [0.2, 0.25) is 0 Å². The number of hydrogen-bond acceptors (Lipinski definition) is 4. The van der Waals surface area contributed by atoms with Crippen molar-refractivity contribution in [3.05, 3.63) is 29.3 Å². The van der Waals surface area contributed by atoms with Crippen LogP contribution in [-0.4, -0.2) is 75.5 Å². The van der Waals surface area contributed by atoms with Crippen molar-refractivity contribution >= 4 is 33.0 Å². The lowest BCUT2D eigenvalue weighted by atomic mass is 10.2. The summed E-state index contributed by atoms with van der Waals surface area (Å²) < 4.78 is 23.7. The van der Waals surface area contributed by atoms with E-state index in [1.54, 1.807) is 0 Å². The first kappa shape index (κ1) is 19.0. The van der Waals surface area contributed by atoms with Crippen molar-refractivity contribution in [1.29, 1.82) is 0 Å². The molecule has 0 unspecified atom stereocenters. The maximum absolute atomic E-state index is 13.0. The molecule has 6 nitrogen and oxygen atoms in total. The van der Waals surface area contributed by atoms with Crippen molar-refractivity contribution in [2.24, 2.45) is 0 Å². The molecule has 0 spiro atoms. The normalized spacial score (nSPS) is 25.5. The number of rotatable bonds is 5. The fourth-order valence-electron chi connectivity index (χ4n) is 4.31. The van der Waals surface area contributed by atoms with Crippen LogP contribution in [0.25, 0.3) is 0 Å². The lowest BCUT2D eigenvalue weighted by molar-refractivity contribution is -0.892. The van der Waals surface area contributed by atoms with E-state index in [0.717, 1.165) is 49.7 Å². The lowest BCUT2D eigenvalue weighted by Gasteiger charge is -2.35. The van der Waals surface area contributed by atoms with Crippen LogP contribution in [0.1, 0.15) is 19.3 Å². The Bertz CT molecular complexity index is 804. The molecule has 1 amide bonds. The first-order valence-corrected chi connectivity index (χ1v) is 12.0. The standard InChI is InChI=1S/C19H26ClN3O3S/c20-17-3-1-2-4-18(17)22-10-8-21(9-11-22)13-19(24)23(15-5-6-15)16-7-12-27(25,26)14-16/h1-4,15-16H,5-14H2/p+1/t16-/m1/s1. The van der Waals surface area contributed by atoms with Gasteiger partial charge in [0.1, 0.15) is 0 Å². The number of nitrogens with one attached hydrogen (secondary N) is 1. The van der Waals surface area contributed by atoms with Gasteiger partial charge in [0.25, 0.3) is 5.91 Å². The molecule has 1 saturated carbocycles. The van der Waals surface area contributed by atoms with Gasteiger partial charge in [-0.2, -0.15) is 0 Å². The second kappa shape index (κ2) is 7.60. The van der Waals surface area contributed by atoms with Crippen LogP contribution in [0.4, 0.5) is 5.69 Å². The largest absolute Gasteiger partial charge is 0.359 e. The van der Waals surface area contributed by atoms with Crippen LogP contribution in [0.3, 0.4) is 0 Å². The molecule has 2 aliphatic heterocycles. The summed E-state index contributed by atoms with van der Waals surface area (Å²) in [6.45, 7) is 3.97. The van der Waals surface area contributed by atoms with Crippen LogP contribution >= 0.6 is 11.6 Å².